The Kier molecular flexibility index (Phi) is 6.11. The van der Waals surface area contributed by atoms with E-state index in [2.05, 4.69) is 20.8 Å². The average molecular weight is 513 g/mol. The van der Waals surface area contributed by atoms with Gasteiger partial charge in [-0.3, -0.25) is 4.79 Å². The molecule has 1 aromatic rings. The van der Waals surface area contributed by atoms with Crippen LogP contribution in [-0.4, -0.2) is 86.1 Å². The van der Waals surface area contributed by atoms with Crippen molar-refractivity contribution in [2.45, 2.75) is 57.4 Å². The maximum Gasteiger partial charge on any atom is 0.226 e. The molecule has 1 atom stereocenters. The van der Waals surface area contributed by atoms with E-state index >= 15 is 0 Å². The van der Waals surface area contributed by atoms with Gasteiger partial charge in [-0.15, -0.1) is 0 Å². The molecule has 1 amide bonds. The van der Waals surface area contributed by atoms with Crippen molar-refractivity contribution in [3.63, 3.8) is 0 Å². The molecule has 3 aliphatic carbocycles. The number of hydrogen-bond acceptors (Lipinski definition) is 7. The predicted molar refractivity (Wildman–Crippen MR) is 137 cm³/mol. The highest BCUT2D eigenvalue weighted by molar-refractivity contribution is 7.89. The van der Waals surface area contributed by atoms with Gasteiger partial charge in [-0.25, -0.2) is 13.4 Å². The van der Waals surface area contributed by atoms with E-state index in [0.717, 1.165) is 49.4 Å². The van der Waals surface area contributed by atoms with Crippen LogP contribution in [0.2, 0.25) is 0 Å². The number of aromatic nitrogens is 1. The third-order valence-corrected chi connectivity index (χ3v) is 10.4. The van der Waals surface area contributed by atoms with Crippen LogP contribution in [0.5, 0.6) is 0 Å². The molecule has 6 rings (SSSR count). The lowest BCUT2D eigenvalue weighted by atomic mass is 10.0. The number of hydrogen-bond donors (Lipinski definition) is 0. The molecule has 10 heteroatoms. The number of carbonyl (C=O) groups excluding carboxylic acids is 1. The summed E-state index contributed by atoms with van der Waals surface area (Å²) in [6.45, 7) is 5.99. The van der Waals surface area contributed by atoms with Crippen LogP contribution in [0.25, 0.3) is 0 Å². The third kappa shape index (κ3) is 4.56. The average Bonchev–Trinajstić information content (AvgIpc) is 3.74. The Hall–Kier alpha value is -2.38. The Balaban J connectivity index is 1.25. The molecular formula is C26H36N6O3S. The van der Waals surface area contributed by atoms with E-state index in [-0.39, 0.29) is 17.7 Å². The summed E-state index contributed by atoms with van der Waals surface area (Å²) >= 11 is 0. The van der Waals surface area contributed by atoms with Crippen LogP contribution < -0.4 is 9.80 Å². The summed E-state index contributed by atoms with van der Waals surface area (Å²) in [5, 5.41) is 10.1. The number of anilines is 2. The second kappa shape index (κ2) is 9.18. The number of sulfonamides is 1. The molecular weight excluding hydrogens is 476 g/mol. The van der Waals surface area contributed by atoms with Gasteiger partial charge in [-0.05, 0) is 57.4 Å². The maximum absolute atomic E-state index is 12.9. The minimum atomic E-state index is -3.19. The second-order valence-electron chi connectivity index (χ2n) is 11.1. The normalized spacial score (nSPS) is 25.7. The third-order valence-electron chi connectivity index (χ3n) is 8.53. The lowest BCUT2D eigenvalue weighted by Gasteiger charge is -2.43. The zero-order chi connectivity index (χ0) is 25.0. The summed E-state index contributed by atoms with van der Waals surface area (Å²) in [5.41, 5.74) is 2.62. The smallest absolute Gasteiger partial charge is 0.226 e. The first-order chi connectivity index (χ1) is 17.4. The lowest BCUT2D eigenvalue weighted by Crippen LogP contribution is -2.57. The molecule has 3 heterocycles. The molecule has 0 bridgehead atoms. The molecule has 2 saturated heterocycles. The van der Waals surface area contributed by atoms with E-state index in [1.54, 1.807) is 11.2 Å². The van der Waals surface area contributed by atoms with E-state index in [1.807, 2.05) is 6.07 Å². The molecule has 9 nitrogen and oxygen atoms in total. The van der Waals surface area contributed by atoms with E-state index < -0.39 is 10.0 Å². The van der Waals surface area contributed by atoms with E-state index in [9.17, 15) is 18.5 Å². The first-order valence-corrected chi connectivity index (χ1v) is 15.2. The largest absolute Gasteiger partial charge is 0.367 e. The van der Waals surface area contributed by atoms with Crippen molar-refractivity contribution in [1.82, 2.24) is 14.2 Å². The molecule has 36 heavy (non-hydrogen) atoms. The zero-order valence-corrected chi connectivity index (χ0v) is 21.9. The van der Waals surface area contributed by atoms with Crippen LogP contribution >= 0.6 is 0 Å². The van der Waals surface area contributed by atoms with Crippen molar-refractivity contribution in [1.29, 1.82) is 5.26 Å². The lowest BCUT2D eigenvalue weighted by molar-refractivity contribution is -0.135. The number of piperazine rings is 2. The van der Waals surface area contributed by atoms with Gasteiger partial charge in [0, 0.05) is 57.6 Å². The fraction of sp³-hybridized carbons (Fsp3) is 0.731. The van der Waals surface area contributed by atoms with Crippen LogP contribution in [0.4, 0.5) is 11.5 Å². The number of pyridine rings is 1. The first-order valence-electron chi connectivity index (χ1n) is 13.6. The van der Waals surface area contributed by atoms with Crippen molar-refractivity contribution >= 4 is 27.4 Å². The van der Waals surface area contributed by atoms with Gasteiger partial charge in [-0.2, -0.15) is 9.57 Å². The molecule has 2 aliphatic heterocycles. The van der Waals surface area contributed by atoms with Gasteiger partial charge >= 0.3 is 0 Å². The summed E-state index contributed by atoms with van der Waals surface area (Å²) < 4.78 is 26.2. The summed E-state index contributed by atoms with van der Waals surface area (Å²) in [6.07, 6.45) is 6.62. The summed E-state index contributed by atoms with van der Waals surface area (Å²) in [5.74, 6) is 2.42. The zero-order valence-electron chi connectivity index (χ0n) is 21.1. The number of nitriles is 1. The number of amides is 1. The van der Waals surface area contributed by atoms with E-state index in [4.69, 9.17) is 4.98 Å². The van der Waals surface area contributed by atoms with Gasteiger partial charge in [0.05, 0.1) is 28.7 Å². The second-order valence-corrected chi connectivity index (χ2v) is 13.4. The molecule has 3 saturated carbocycles. The standard InChI is InChI=1S/C26H36N6O3S/c1-2-36(34,35)31-12-9-29(10-13-31)22-15-21(16-27)25(28-24(22)19-5-6-19)30-11-14-32(26(33)20-7-8-20)23(17-30)18-3-4-18/h15,18-20,23H,2-14,17H2,1H3. The van der Waals surface area contributed by atoms with Gasteiger partial charge in [0.2, 0.25) is 15.9 Å². The molecule has 0 aromatic carbocycles. The first kappa shape index (κ1) is 24.0. The van der Waals surface area contributed by atoms with Crippen molar-refractivity contribution < 1.29 is 13.2 Å². The molecule has 5 aliphatic rings. The van der Waals surface area contributed by atoms with Crippen molar-refractivity contribution in [3.8, 4) is 6.07 Å². The molecule has 1 unspecified atom stereocenters. The maximum atomic E-state index is 12.9. The van der Waals surface area contributed by atoms with E-state index in [1.165, 1.54) is 12.8 Å². The van der Waals surface area contributed by atoms with Gasteiger partial charge in [0.25, 0.3) is 0 Å². The molecule has 194 valence electrons. The van der Waals surface area contributed by atoms with Crippen LogP contribution in [0.3, 0.4) is 0 Å². The Labute approximate surface area is 214 Å². The monoisotopic (exact) mass is 512 g/mol. The highest BCUT2D eigenvalue weighted by Gasteiger charge is 2.45. The minimum absolute atomic E-state index is 0.122. The van der Waals surface area contributed by atoms with Gasteiger partial charge < -0.3 is 14.7 Å². The number of rotatable bonds is 7. The molecule has 1 aromatic heterocycles. The van der Waals surface area contributed by atoms with Gasteiger partial charge in [-0.1, -0.05) is 0 Å². The number of nitrogens with zero attached hydrogens (tertiary/aromatic N) is 6. The molecule has 0 N–H and O–H groups in total. The van der Waals surface area contributed by atoms with E-state index in [0.29, 0.717) is 62.6 Å². The van der Waals surface area contributed by atoms with Gasteiger partial charge in [0.1, 0.15) is 11.9 Å². The Morgan fingerprint density at radius 2 is 1.72 bits per heavy atom. The predicted octanol–water partition coefficient (Wildman–Crippen LogP) is 2.14. The fourth-order valence-electron chi connectivity index (χ4n) is 5.86. The van der Waals surface area contributed by atoms with Crippen LogP contribution in [0.15, 0.2) is 6.07 Å². The summed E-state index contributed by atoms with van der Waals surface area (Å²) in [7, 11) is -3.19. The van der Waals surface area contributed by atoms with Gasteiger partial charge in [0.15, 0.2) is 0 Å². The number of carbonyl (C=O) groups is 1. The summed E-state index contributed by atoms with van der Waals surface area (Å²) in [6, 6.07) is 4.62. The Morgan fingerprint density at radius 3 is 2.31 bits per heavy atom. The highest BCUT2D eigenvalue weighted by atomic mass is 32.2. The van der Waals surface area contributed by atoms with Crippen molar-refractivity contribution in [2.75, 3.05) is 61.4 Å². The minimum Gasteiger partial charge on any atom is -0.367 e. The molecule has 0 spiro atoms. The molecule has 5 fully saturated rings. The fourth-order valence-corrected chi connectivity index (χ4v) is 6.94. The molecule has 0 radical (unpaired) electrons. The quantitative estimate of drug-likeness (QED) is 0.552. The van der Waals surface area contributed by atoms with Crippen LogP contribution in [-0.2, 0) is 14.8 Å². The topological polar surface area (TPSA) is 101 Å². The SMILES string of the molecule is CCS(=O)(=O)N1CCN(c2cc(C#N)c(N3CCN(C(=O)C4CC4)C(C4CC4)C3)nc2C2CC2)CC1. The Morgan fingerprint density at radius 1 is 1.03 bits per heavy atom. The van der Waals surface area contributed by atoms with Crippen molar-refractivity contribution in [3.05, 3.63) is 17.3 Å². The summed E-state index contributed by atoms with van der Waals surface area (Å²) in [4.78, 5) is 24.7. The van der Waals surface area contributed by atoms with Crippen LogP contribution in [0, 0.1) is 23.2 Å². The van der Waals surface area contributed by atoms with Crippen LogP contribution in [0.1, 0.15) is 62.6 Å². The Bertz CT molecular complexity index is 1180. The highest BCUT2D eigenvalue weighted by Crippen LogP contribution is 2.46. The van der Waals surface area contributed by atoms with Crippen molar-refractivity contribution in [2.24, 2.45) is 11.8 Å².